The van der Waals surface area contributed by atoms with Gasteiger partial charge in [-0.3, -0.25) is 9.69 Å². The molecule has 0 aromatic heterocycles. The Morgan fingerprint density at radius 3 is 2.19 bits per heavy atom. The summed E-state index contributed by atoms with van der Waals surface area (Å²) in [6, 6.07) is 18.1. The first kappa shape index (κ1) is 19.5. The molecule has 2 N–H and O–H groups in total. The summed E-state index contributed by atoms with van der Waals surface area (Å²) in [7, 11) is -3.49. The average Bonchev–Trinajstić information content (AvgIpc) is 2.69. The molecule has 0 unspecified atom stereocenters. The predicted octanol–water partition coefficient (Wildman–Crippen LogP) is 1.75. The Bertz CT molecular complexity index is 833. The molecule has 6 nitrogen and oxygen atoms in total. The number of likely N-dealkylation sites (tertiary alicyclic amines) is 1. The number of sulfonamides is 1. The Morgan fingerprint density at radius 2 is 1.56 bits per heavy atom. The fourth-order valence-corrected chi connectivity index (χ4v) is 4.48. The fraction of sp³-hybridized carbons (Fsp3) is 0.350. The van der Waals surface area contributed by atoms with E-state index in [9.17, 15) is 13.2 Å². The predicted molar refractivity (Wildman–Crippen MR) is 105 cm³/mol. The number of benzene rings is 2. The lowest BCUT2D eigenvalue weighted by molar-refractivity contribution is -0.122. The summed E-state index contributed by atoms with van der Waals surface area (Å²) in [6.07, 6.45) is 1.38. The zero-order valence-electron chi connectivity index (χ0n) is 15.2. The molecule has 1 aliphatic rings. The van der Waals surface area contributed by atoms with Crippen LogP contribution in [-0.2, 0) is 21.4 Å². The van der Waals surface area contributed by atoms with Crippen molar-refractivity contribution < 1.29 is 13.2 Å². The van der Waals surface area contributed by atoms with Crippen molar-refractivity contribution in [1.29, 1.82) is 0 Å². The molecule has 2 aromatic carbocycles. The third-order valence-corrected chi connectivity index (χ3v) is 6.20. The van der Waals surface area contributed by atoms with Crippen LogP contribution in [0, 0.1) is 0 Å². The first-order chi connectivity index (χ1) is 13.0. The van der Waals surface area contributed by atoms with Crippen molar-refractivity contribution in [3.05, 3.63) is 66.2 Å². The molecule has 0 spiro atoms. The molecule has 1 amide bonds. The van der Waals surface area contributed by atoms with Crippen LogP contribution in [0.25, 0.3) is 0 Å². The molecular formula is C20H25N3O3S. The molecule has 0 aliphatic carbocycles. The monoisotopic (exact) mass is 387 g/mol. The number of carbonyl (C=O) groups is 1. The van der Waals surface area contributed by atoms with E-state index in [0.29, 0.717) is 39.0 Å². The molecule has 0 atom stereocenters. The van der Waals surface area contributed by atoms with Crippen molar-refractivity contribution in [2.24, 2.45) is 0 Å². The van der Waals surface area contributed by atoms with Crippen LogP contribution < -0.4 is 10.0 Å². The van der Waals surface area contributed by atoms with Crippen LogP contribution in [0.4, 0.5) is 0 Å². The molecule has 0 bridgehead atoms. The van der Waals surface area contributed by atoms with Gasteiger partial charge in [-0.2, -0.15) is 0 Å². The molecule has 144 valence electrons. The highest BCUT2D eigenvalue weighted by Crippen LogP contribution is 2.14. The largest absolute Gasteiger partial charge is 0.351 e. The molecular weight excluding hydrogens is 362 g/mol. The van der Waals surface area contributed by atoms with Crippen LogP contribution in [0.1, 0.15) is 18.4 Å². The van der Waals surface area contributed by atoms with Gasteiger partial charge in [-0.25, -0.2) is 13.1 Å². The van der Waals surface area contributed by atoms with Gasteiger partial charge in [-0.1, -0.05) is 48.5 Å². The average molecular weight is 388 g/mol. The summed E-state index contributed by atoms with van der Waals surface area (Å²) in [5.41, 5.74) is 1.07. The Balaban J connectivity index is 1.41. The lowest BCUT2D eigenvalue weighted by Gasteiger charge is -2.31. The number of amides is 1. The first-order valence-corrected chi connectivity index (χ1v) is 10.6. The minimum atomic E-state index is -3.49. The van der Waals surface area contributed by atoms with Crippen LogP contribution >= 0.6 is 0 Å². The normalized spacial score (nSPS) is 16.1. The second kappa shape index (κ2) is 9.12. The van der Waals surface area contributed by atoms with Crippen molar-refractivity contribution in [2.45, 2.75) is 30.3 Å². The van der Waals surface area contributed by atoms with Crippen LogP contribution in [0.5, 0.6) is 0 Å². The highest BCUT2D eigenvalue weighted by atomic mass is 32.2. The summed E-state index contributed by atoms with van der Waals surface area (Å²) in [5, 5.41) is 2.93. The maximum Gasteiger partial charge on any atom is 0.240 e. The number of piperidine rings is 1. The lowest BCUT2D eigenvalue weighted by atomic mass is 10.1. The second-order valence-electron chi connectivity index (χ2n) is 6.75. The topological polar surface area (TPSA) is 78.5 Å². The number of nitrogens with one attached hydrogen (secondary N) is 2. The smallest absolute Gasteiger partial charge is 0.240 e. The van der Waals surface area contributed by atoms with E-state index in [-0.39, 0.29) is 16.8 Å². The molecule has 1 saturated heterocycles. The zero-order valence-corrected chi connectivity index (χ0v) is 16.0. The van der Waals surface area contributed by atoms with Gasteiger partial charge in [0, 0.05) is 25.7 Å². The standard InChI is InChI=1S/C20H25N3O3S/c24-20(21-15-17-7-3-1-4-8-17)16-23-13-11-18(12-14-23)22-27(25,26)19-9-5-2-6-10-19/h1-10,18,22H,11-16H2,(H,21,24). The summed E-state index contributed by atoms with van der Waals surface area (Å²) in [5.74, 6) is -0.0119. The Morgan fingerprint density at radius 1 is 0.963 bits per heavy atom. The summed E-state index contributed by atoms with van der Waals surface area (Å²) in [4.78, 5) is 14.5. The van der Waals surface area contributed by atoms with E-state index in [0.717, 1.165) is 5.56 Å². The van der Waals surface area contributed by atoms with E-state index in [1.165, 1.54) is 0 Å². The molecule has 3 rings (SSSR count). The maximum absolute atomic E-state index is 12.4. The van der Waals surface area contributed by atoms with Gasteiger partial charge in [0.15, 0.2) is 0 Å². The third kappa shape index (κ3) is 5.89. The Hall–Kier alpha value is -2.22. The summed E-state index contributed by atoms with van der Waals surface area (Å²) >= 11 is 0. The molecule has 0 radical (unpaired) electrons. The van der Waals surface area contributed by atoms with E-state index in [4.69, 9.17) is 0 Å². The van der Waals surface area contributed by atoms with Gasteiger partial charge < -0.3 is 5.32 Å². The van der Waals surface area contributed by atoms with Crippen LogP contribution in [0.2, 0.25) is 0 Å². The number of rotatable bonds is 7. The first-order valence-electron chi connectivity index (χ1n) is 9.13. The lowest BCUT2D eigenvalue weighted by Crippen LogP contribution is -2.47. The van der Waals surface area contributed by atoms with Gasteiger partial charge in [-0.15, -0.1) is 0 Å². The van der Waals surface area contributed by atoms with Gasteiger partial charge in [-0.05, 0) is 30.5 Å². The number of nitrogens with zero attached hydrogens (tertiary/aromatic N) is 1. The van der Waals surface area contributed by atoms with Crippen molar-refractivity contribution in [2.75, 3.05) is 19.6 Å². The Labute approximate surface area is 160 Å². The highest BCUT2D eigenvalue weighted by molar-refractivity contribution is 7.89. The van der Waals surface area contributed by atoms with Gasteiger partial charge >= 0.3 is 0 Å². The van der Waals surface area contributed by atoms with E-state index < -0.39 is 10.0 Å². The van der Waals surface area contributed by atoms with Gasteiger partial charge in [0.05, 0.1) is 11.4 Å². The SMILES string of the molecule is O=C(CN1CCC(NS(=O)(=O)c2ccccc2)CC1)NCc1ccccc1. The molecule has 7 heteroatoms. The van der Waals surface area contributed by atoms with E-state index in [1.54, 1.807) is 30.3 Å². The van der Waals surface area contributed by atoms with Crippen LogP contribution in [0.3, 0.4) is 0 Å². The number of hydrogen-bond donors (Lipinski definition) is 2. The molecule has 0 saturated carbocycles. The summed E-state index contributed by atoms with van der Waals surface area (Å²) in [6.45, 7) is 2.25. The quantitative estimate of drug-likeness (QED) is 0.759. The van der Waals surface area contributed by atoms with Crippen molar-refractivity contribution >= 4 is 15.9 Å². The second-order valence-corrected chi connectivity index (χ2v) is 8.46. The minimum Gasteiger partial charge on any atom is -0.351 e. The summed E-state index contributed by atoms with van der Waals surface area (Å²) < 4.78 is 27.6. The molecule has 27 heavy (non-hydrogen) atoms. The van der Waals surface area contributed by atoms with E-state index >= 15 is 0 Å². The maximum atomic E-state index is 12.4. The molecule has 1 fully saturated rings. The zero-order chi connectivity index (χ0) is 19.1. The minimum absolute atomic E-state index is 0.0119. The number of carbonyl (C=O) groups excluding carboxylic acids is 1. The van der Waals surface area contributed by atoms with Crippen LogP contribution in [0.15, 0.2) is 65.6 Å². The van der Waals surface area contributed by atoms with Crippen molar-refractivity contribution in [3.8, 4) is 0 Å². The van der Waals surface area contributed by atoms with Crippen molar-refractivity contribution in [1.82, 2.24) is 14.9 Å². The van der Waals surface area contributed by atoms with E-state index in [1.807, 2.05) is 30.3 Å². The number of hydrogen-bond acceptors (Lipinski definition) is 4. The van der Waals surface area contributed by atoms with Crippen LogP contribution in [-0.4, -0.2) is 44.9 Å². The van der Waals surface area contributed by atoms with Gasteiger partial charge in [0.25, 0.3) is 0 Å². The van der Waals surface area contributed by atoms with Crippen molar-refractivity contribution in [3.63, 3.8) is 0 Å². The van der Waals surface area contributed by atoms with E-state index in [2.05, 4.69) is 14.9 Å². The fourth-order valence-electron chi connectivity index (χ4n) is 3.15. The molecule has 1 heterocycles. The third-order valence-electron chi connectivity index (χ3n) is 4.66. The van der Waals surface area contributed by atoms with Gasteiger partial charge in [0.2, 0.25) is 15.9 Å². The molecule has 1 aliphatic heterocycles. The van der Waals surface area contributed by atoms with Gasteiger partial charge in [0.1, 0.15) is 0 Å². The Kier molecular flexibility index (Phi) is 6.60. The molecule has 2 aromatic rings. The highest BCUT2D eigenvalue weighted by Gasteiger charge is 2.25.